The first-order valence-electron chi connectivity index (χ1n) is 7.82. The molecule has 1 aliphatic carbocycles. The second kappa shape index (κ2) is 8.47. The third kappa shape index (κ3) is 5.21. The van der Waals surface area contributed by atoms with Gasteiger partial charge in [0, 0.05) is 25.9 Å². The summed E-state index contributed by atoms with van der Waals surface area (Å²) in [6.07, 6.45) is 4.54. The first kappa shape index (κ1) is 17.2. The van der Waals surface area contributed by atoms with Crippen LogP contribution in [0.5, 0.6) is 0 Å². The van der Waals surface area contributed by atoms with Crippen molar-refractivity contribution in [1.29, 1.82) is 0 Å². The van der Waals surface area contributed by atoms with Gasteiger partial charge in [0.15, 0.2) is 0 Å². The molecule has 0 aliphatic heterocycles. The summed E-state index contributed by atoms with van der Waals surface area (Å²) in [5.74, 6) is -0.398. The Bertz CT molecular complexity index is 525. The molecule has 126 valence electrons. The molecule has 7 nitrogen and oxygen atoms in total. The van der Waals surface area contributed by atoms with Gasteiger partial charge in [-0.05, 0) is 37.8 Å². The van der Waals surface area contributed by atoms with Gasteiger partial charge in [0.2, 0.25) is 0 Å². The summed E-state index contributed by atoms with van der Waals surface area (Å²) < 4.78 is 4.88. The Balaban J connectivity index is 1.81. The third-order valence-corrected chi connectivity index (χ3v) is 4.05. The zero-order chi connectivity index (χ0) is 16.7. The number of hydrogen-bond donors (Lipinski definition) is 3. The quantitative estimate of drug-likeness (QED) is 0.658. The van der Waals surface area contributed by atoms with Crippen molar-refractivity contribution in [3.63, 3.8) is 0 Å². The molecular weight excluding hydrogens is 298 g/mol. The highest BCUT2D eigenvalue weighted by atomic mass is 16.5. The summed E-state index contributed by atoms with van der Waals surface area (Å²) in [4.78, 5) is 27.0. The van der Waals surface area contributed by atoms with Crippen LogP contribution in [0.1, 0.15) is 36.0 Å². The Hall–Kier alpha value is -2.15. The SMILES string of the molecule is COCCNC(=O)c1ccc(NC2CCC(C(=O)O)CC2)nc1. The summed E-state index contributed by atoms with van der Waals surface area (Å²) in [7, 11) is 1.58. The number of carbonyl (C=O) groups excluding carboxylic acids is 1. The summed E-state index contributed by atoms with van der Waals surface area (Å²) in [6, 6.07) is 3.73. The van der Waals surface area contributed by atoms with Crippen molar-refractivity contribution in [1.82, 2.24) is 10.3 Å². The molecule has 1 aromatic heterocycles. The summed E-state index contributed by atoms with van der Waals surface area (Å²) in [5, 5.41) is 15.0. The molecule has 7 heteroatoms. The third-order valence-electron chi connectivity index (χ3n) is 4.05. The number of nitrogens with one attached hydrogen (secondary N) is 2. The molecule has 3 N–H and O–H groups in total. The molecule has 1 fully saturated rings. The first-order chi connectivity index (χ1) is 11.1. The minimum absolute atomic E-state index is 0.178. The molecule has 0 atom stereocenters. The fourth-order valence-electron chi connectivity index (χ4n) is 2.68. The van der Waals surface area contributed by atoms with E-state index in [1.807, 2.05) is 0 Å². The molecule has 2 rings (SSSR count). The molecule has 1 saturated carbocycles. The molecule has 1 amide bonds. The van der Waals surface area contributed by atoms with Crippen molar-refractivity contribution in [2.45, 2.75) is 31.7 Å². The number of methoxy groups -OCH3 is 1. The summed E-state index contributed by atoms with van der Waals surface area (Å²) in [6.45, 7) is 0.931. The number of hydrogen-bond acceptors (Lipinski definition) is 5. The largest absolute Gasteiger partial charge is 0.481 e. The Morgan fingerprint density at radius 1 is 1.30 bits per heavy atom. The standard InChI is InChI=1S/C16H23N3O4/c1-23-9-8-17-15(20)12-4-7-14(18-10-12)19-13-5-2-11(3-6-13)16(21)22/h4,7,10-11,13H,2-3,5-6,8-9H2,1H3,(H,17,20)(H,18,19)(H,21,22). The Morgan fingerprint density at radius 2 is 2.04 bits per heavy atom. The van der Waals surface area contributed by atoms with Crippen molar-refractivity contribution < 1.29 is 19.4 Å². The van der Waals surface area contributed by atoms with Crippen molar-refractivity contribution in [3.05, 3.63) is 23.9 Å². The van der Waals surface area contributed by atoms with E-state index in [-0.39, 0.29) is 17.9 Å². The van der Waals surface area contributed by atoms with Crippen molar-refractivity contribution in [2.75, 3.05) is 25.6 Å². The second-order valence-corrected chi connectivity index (χ2v) is 5.71. The maximum absolute atomic E-state index is 11.8. The molecule has 23 heavy (non-hydrogen) atoms. The number of anilines is 1. The summed E-state index contributed by atoms with van der Waals surface area (Å²) in [5.41, 5.74) is 0.501. The fraction of sp³-hybridized carbons (Fsp3) is 0.562. The van der Waals surface area contributed by atoms with Crippen LogP contribution in [0.4, 0.5) is 5.82 Å². The lowest BCUT2D eigenvalue weighted by atomic mass is 9.86. The lowest BCUT2D eigenvalue weighted by Crippen LogP contribution is -2.29. The minimum atomic E-state index is -0.703. The Morgan fingerprint density at radius 3 is 2.61 bits per heavy atom. The van der Waals surface area contributed by atoms with E-state index in [0.717, 1.165) is 12.8 Å². The lowest BCUT2D eigenvalue weighted by Gasteiger charge is -2.27. The monoisotopic (exact) mass is 321 g/mol. The van der Waals surface area contributed by atoms with Gasteiger partial charge in [0.05, 0.1) is 18.1 Å². The van der Waals surface area contributed by atoms with E-state index in [0.29, 0.717) is 37.4 Å². The average molecular weight is 321 g/mol. The number of aliphatic carboxylic acids is 1. The highest BCUT2D eigenvalue weighted by molar-refractivity contribution is 5.94. The number of carboxylic acids is 1. The van der Waals surface area contributed by atoms with Crippen molar-refractivity contribution in [3.8, 4) is 0 Å². The van der Waals surface area contributed by atoms with Gasteiger partial charge < -0.3 is 20.5 Å². The zero-order valence-corrected chi connectivity index (χ0v) is 13.2. The van der Waals surface area contributed by atoms with E-state index in [4.69, 9.17) is 9.84 Å². The van der Waals surface area contributed by atoms with E-state index in [9.17, 15) is 9.59 Å². The van der Waals surface area contributed by atoms with Crippen molar-refractivity contribution in [2.24, 2.45) is 5.92 Å². The van der Waals surface area contributed by atoms with Crippen LogP contribution in [0.2, 0.25) is 0 Å². The number of pyridine rings is 1. The molecule has 0 aromatic carbocycles. The maximum Gasteiger partial charge on any atom is 0.306 e. The van der Waals surface area contributed by atoms with Gasteiger partial charge >= 0.3 is 5.97 Å². The van der Waals surface area contributed by atoms with E-state index in [1.165, 1.54) is 6.20 Å². The van der Waals surface area contributed by atoms with E-state index in [1.54, 1.807) is 19.2 Å². The van der Waals surface area contributed by atoms with Crippen molar-refractivity contribution >= 4 is 17.7 Å². The maximum atomic E-state index is 11.8. The van der Waals surface area contributed by atoms with Crippen LogP contribution in [0.15, 0.2) is 18.3 Å². The number of carboxylic acid groups (broad SMARTS) is 1. The van der Waals surface area contributed by atoms with Crippen LogP contribution in [0, 0.1) is 5.92 Å². The topological polar surface area (TPSA) is 101 Å². The molecule has 0 radical (unpaired) electrons. The van der Waals surface area contributed by atoms with Gasteiger partial charge in [-0.25, -0.2) is 4.98 Å². The number of nitrogens with zero attached hydrogens (tertiary/aromatic N) is 1. The van der Waals surface area contributed by atoms with E-state index < -0.39 is 5.97 Å². The minimum Gasteiger partial charge on any atom is -0.481 e. The lowest BCUT2D eigenvalue weighted by molar-refractivity contribution is -0.142. The number of ether oxygens (including phenoxy) is 1. The van der Waals surface area contributed by atoms with Gasteiger partial charge in [-0.2, -0.15) is 0 Å². The van der Waals surface area contributed by atoms with Gasteiger partial charge in [-0.3, -0.25) is 9.59 Å². The van der Waals surface area contributed by atoms with Crippen LogP contribution in [-0.4, -0.2) is 48.3 Å². The molecule has 0 bridgehead atoms. The molecule has 0 unspecified atom stereocenters. The molecule has 1 heterocycles. The van der Waals surface area contributed by atoms with E-state index >= 15 is 0 Å². The number of aromatic nitrogens is 1. The van der Waals surface area contributed by atoms with Gasteiger partial charge in [-0.15, -0.1) is 0 Å². The Kier molecular flexibility index (Phi) is 6.34. The highest BCUT2D eigenvalue weighted by Crippen LogP contribution is 2.26. The summed E-state index contributed by atoms with van der Waals surface area (Å²) >= 11 is 0. The highest BCUT2D eigenvalue weighted by Gasteiger charge is 2.25. The van der Waals surface area contributed by atoms with Crippen LogP contribution < -0.4 is 10.6 Å². The zero-order valence-electron chi connectivity index (χ0n) is 13.2. The molecular formula is C16H23N3O4. The van der Waals surface area contributed by atoms with Crippen LogP contribution >= 0.6 is 0 Å². The van der Waals surface area contributed by atoms with Crippen LogP contribution in [-0.2, 0) is 9.53 Å². The number of carbonyl (C=O) groups is 2. The fourth-order valence-corrected chi connectivity index (χ4v) is 2.68. The van der Waals surface area contributed by atoms with Gasteiger partial charge in [-0.1, -0.05) is 0 Å². The Labute approximate surface area is 135 Å². The predicted molar refractivity (Wildman–Crippen MR) is 85.5 cm³/mol. The smallest absolute Gasteiger partial charge is 0.306 e. The van der Waals surface area contributed by atoms with Crippen LogP contribution in [0.3, 0.4) is 0 Å². The van der Waals surface area contributed by atoms with Gasteiger partial charge in [0.1, 0.15) is 5.82 Å². The number of rotatable bonds is 7. The first-order valence-corrected chi connectivity index (χ1v) is 7.82. The number of amides is 1. The molecule has 1 aromatic rings. The van der Waals surface area contributed by atoms with Gasteiger partial charge in [0.25, 0.3) is 5.91 Å². The predicted octanol–water partition coefficient (Wildman–Crippen LogP) is 1.51. The van der Waals surface area contributed by atoms with E-state index in [2.05, 4.69) is 15.6 Å². The second-order valence-electron chi connectivity index (χ2n) is 5.71. The molecule has 1 aliphatic rings. The average Bonchev–Trinajstić information content (AvgIpc) is 2.56. The molecule has 0 saturated heterocycles. The van der Waals surface area contributed by atoms with Crippen LogP contribution in [0.25, 0.3) is 0 Å². The molecule has 0 spiro atoms. The normalized spacial score (nSPS) is 20.7.